The van der Waals surface area contributed by atoms with E-state index in [0.717, 1.165) is 6.42 Å². The van der Waals surface area contributed by atoms with Crippen LogP contribution >= 0.6 is 0 Å². The van der Waals surface area contributed by atoms with Crippen molar-refractivity contribution in [3.05, 3.63) is 35.4 Å². The lowest BCUT2D eigenvalue weighted by molar-refractivity contribution is -0.351. The van der Waals surface area contributed by atoms with Crippen LogP contribution in [0.3, 0.4) is 0 Å². The van der Waals surface area contributed by atoms with E-state index in [1.165, 1.54) is 11.1 Å². The molecule has 2 unspecified atom stereocenters. The third kappa shape index (κ3) is 4.38. The minimum absolute atomic E-state index is 0.524. The van der Waals surface area contributed by atoms with Crippen LogP contribution in [-0.4, -0.2) is 22.7 Å². The van der Waals surface area contributed by atoms with Crippen molar-refractivity contribution < 1.29 is 20.3 Å². The van der Waals surface area contributed by atoms with Crippen molar-refractivity contribution in [2.75, 3.05) is 0 Å². The Morgan fingerprint density at radius 3 is 2.06 bits per heavy atom. The first-order valence-electron chi connectivity index (χ1n) is 6.27. The predicted molar refractivity (Wildman–Crippen MR) is 69.5 cm³/mol. The Morgan fingerprint density at radius 1 is 1.00 bits per heavy atom. The van der Waals surface area contributed by atoms with Crippen molar-refractivity contribution >= 4 is 0 Å². The van der Waals surface area contributed by atoms with Gasteiger partial charge < -0.3 is 0 Å². The molecule has 0 fully saturated rings. The molecule has 102 valence electrons. The number of benzene rings is 1. The van der Waals surface area contributed by atoms with Crippen LogP contribution in [0.15, 0.2) is 24.3 Å². The van der Waals surface area contributed by atoms with Crippen molar-refractivity contribution in [2.24, 2.45) is 0 Å². The van der Waals surface area contributed by atoms with Gasteiger partial charge in [-0.2, -0.15) is 0 Å². The van der Waals surface area contributed by atoms with E-state index in [9.17, 15) is 0 Å². The third-order valence-corrected chi connectivity index (χ3v) is 3.19. The van der Waals surface area contributed by atoms with Gasteiger partial charge in [-0.15, -0.1) is 0 Å². The lowest BCUT2D eigenvalue weighted by Gasteiger charge is -2.17. The number of hydrogen-bond donors (Lipinski definition) is 2. The van der Waals surface area contributed by atoms with E-state index in [4.69, 9.17) is 10.5 Å². The molecule has 0 radical (unpaired) electrons. The lowest BCUT2D eigenvalue weighted by Crippen LogP contribution is -2.27. The first-order chi connectivity index (χ1) is 8.58. The van der Waals surface area contributed by atoms with Gasteiger partial charge in [-0.3, -0.25) is 10.5 Å². The Kier molecular flexibility index (Phi) is 6.29. The summed E-state index contributed by atoms with van der Waals surface area (Å²) in [4.78, 5) is 8.46. The molecule has 1 aromatic rings. The van der Waals surface area contributed by atoms with Crippen LogP contribution in [0, 0.1) is 0 Å². The molecule has 2 N–H and O–H groups in total. The predicted octanol–water partition coefficient (Wildman–Crippen LogP) is 3.48. The van der Waals surface area contributed by atoms with Crippen LogP contribution in [0.25, 0.3) is 0 Å². The number of hydrogen-bond acceptors (Lipinski definition) is 4. The standard InChI is InChI=1S/C14H22O4/c1-10(2)13-7-4-12(5-8-13)6-9-14(18-16)11(3)17-15/h4-5,7-8,10-11,14-16H,6,9H2,1-3H3. The van der Waals surface area contributed by atoms with Crippen molar-refractivity contribution in [1.29, 1.82) is 0 Å². The quantitative estimate of drug-likeness (QED) is 0.577. The van der Waals surface area contributed by atoms with E-state index in [2.05, 4.69) is 47.9 Å². The highest BCUT2D eigenvalue weighted by molar-refractivity contribution is 5.24. The molecule has 4 heteroatoms. The van der Waals surface area contributed by atoms with Gasteiger partial charge in [-0.1, -0.05) is 38.1 Å². The van der Waals surface area contributed by atoms with E-state index < -0.39 is 12.2 Å². The van der Waals surface area contributed by atoms with E-state index >= 15 is 0 Å². The second-order valence-corrected chi connectivity index (χ2v) is 4.89. The summed E-state index contributed by atoms with van der Waals surface area (Å²) in [5.41, 5.74) is 2.48. The minimum atomic E-state index is -0.551. The van der Waals surface area contributed by atoms with Gasteiger partial charge in [-0.05, 0) is 36.8 Å². The molecule has 0 spiro atoms. The zero-order valence-corrected chi connectivity index (χ0v) is 11.2. The maximum absolute atomic E-state index is 8.73. The molecule has 0 aromatic heterocycles. The Bertz CT molecular complexity index is 334. The zero-order valence-electron chi connectivity index (χ0n) is 11.2. The summed E-state index contributed by atoms with van der Waals surface area (Å²) in [5.74, 6) is 0.524. The average molecular weight is 254 g/mol. The van der Waals surface area contributed by atoms with Crippen molar-refractivity contribution in [2.45, 2.75) is 51.7 Å². The van der Waals surface area contributed by atoms with Gasteiger partial charge in [0.1, 0.15) is 12.2 Å². The molecule has 0 amide bonds. The van der Waals surface area contributed by atoms with Gasteiger partial charge in [0.25, 0.3) is 0 Å². The molecule has 2 atom stereocenters. The normalized spacial score (nSPS) is 14.8. The summed E-state index contributed by atoms with van der Waals surface area (Å²) in [6.07, 6.45) is 0.265. The fraction of sp³-hybridized carbons (Fsp3) is 0.571. The van der Waals surface area contributed by atoms with Gasteiger partial charge in [0, 0.05) is 0 Å². The molecule has 4 nitrogen and oxygen atoms in total. The van der Waals surface area contributed by atoms with Gasteiger partial charge in [0.05, 0.1) is 0 Å². The molecule has 1 rings (SSSR count). The molecule has 0 aliphatic heterocycles. The second kappa shape index (κ2) is 7.48. The summed E-state index contributed by atoms with van der Waals surface area (Å²) in [5, 5.41) is 17.3. The highest BCUT2D eigenvalue weighted by atomic mass is 17.1. The number of aryl methyl sites for hydroxylation is 1. The highest BCUT2D eigenvalue weighted by Gasteiger charge is 2.18. The third-order valence-electron chi connectivity index (χ3n) is 3.19. The Balaban J connectivity index is 2.52. The van der Waals surface area contributed by atoms with Gasteiger partial charge in [0.2, 0.25) is 0 Å². The van der Waals surface area contributed by atoms with Crippen LogP contribution in [0.2, 0.25) is 0 Å². The fourth-order valence-corrected chi connectivity index (χ4v) is 1.82. The summed E-state index contributed by atoms with van der Waals surface area (Å²) in [6.45, 7) is 5.96. The first kappa shape index (κ1) is 15.1. The zero-order chi connectivity index (χ0) is 13.5. The van der Waals surface area contributed by atoms with Gasteiger partial charge in [0.15, 0.2) is 0 Å². The average Bonchev–Trinajstić information content (AvgIpc) is 2.39. The van der Waals surface area contributed by atoms with Crippen molar-refractivity contribution in [3.8, 4) is 0 Å². The fourth-order valence-electron chi connectivity index (χ4n) is 1.82. The lowest BCUT2D eigenvalue weighted by atomic mass is 9.99. The Hall–Kier alpha value is -0.940. The van der Waals surface area contributed by atoms with E-state index in [1.54, 1.807) is 6.92 Å². The number of rotatable bonds is 7. The molecule has 0 aliphatic carbocycles. The molecule has 0 saturated heterocycles. The maximum Gasteiger partial charge on any atom is 0.122 e. The molecule has 1 aromatic carbocycles. The molecule has 0 aliphatic rings. The van der Waals surface area contributed by atoms with E-state index in [-0.39, 0.29) is 0 Å². The van der Waals surface area contributed by atoms with E-state index in [0.29, 0.717) is 12.3 Å². The van der Waals surface area contributed by atoms with Gasteiger partial charge in [-0.25, -0.2) is 9.78 Å². The molecule has 18 heavy (non-hydrogen) atoms. The summed E-state index contributed by atoms with van der Waals surface area (Å²) in [7, 11) is 0. The monoisotopic (exact) mass is 254 g/mol. The van der Waals surface area contributed by atoms with Gasteiger partial charge >= 0.3 is 0 Å². The van der Waals surface area contributed by atoms with Crippen LogP contribution in [0.5, 0.6) is 0 Å². The molecule has 0 bridgehead atoms. The van der Waals surface area contributed by atoms with Crippen LogP contribution in [-0.2, 0) is 16.2 Å². The Labute approximate surface area is 108 Å². The maximum atomic E-state index is 8.73. The molecule has 0 heterocycles. The SMILES string of the molecule is CC(C)c1ccc(CCC(OO)C(C)OO)cc1. The molecule has 0 saturated carbocycles. The molecular weight excluding hydrogens is 232 g/mol. The minimum Gasteiger partial charge on any atom is -0.251 e. The van der Waals surface area contributed by atoms with Crippen LogP contribution < -0.4 is 0 Å². The van der Waals surface area contributed by atoms with Crippen LogP contribution in [0.4, 0.5) is 0 Å². The second-order valence-electron chi connectivity index (χ2n) is 4.89. The first-order valence-corrected chi connectivity index (χ1v) is 6.27. The smallest absolute Gasteiger partial charge is 0.122 e. The Morgan fingerprint density at radius 2 is 1.61 bits per heavy atom. The van der Waals surface area contributed by atoms with Crippen molar-refractivity contribution in [1.82, 2.24) is 0 Å². The topological polar surface area (TPSA) is 58.9 Å². The van der Waals surface area contributed by atoms with E-state index in [1.807, 2.05) is 0 Å². The largest absolute Gasteiger partial charge is 0.251 e. The highest BCUT2D eigenvalue weighted by Crippen LogP contribution is 2.17. The summed E-state index contributed by atoms with van der Waals surface area (Å²) < 4.78 is 0. The summed E-state index contributed by atoms with van der Waals surface area (Å²) >= 11 is 0. The summed E-state index contributed by atoms with van der Waals surface area (Å²) in [6, 6.07) is 8.38. The molecular formula is C14H22O4. The van der Waals surface area contributed by atoms with Crippen molar-refractivity contribution in [3.63, 3.8) is 0 Å². The van der Waals surface area contributed by atoms with Crippen LogP contribution in [0.1, 0.15) is 44.2 Å².